The zero-order chi connectivity index (χ0) is 17.0. The molecular formula is C16H12Cl2N2O3. The van der Waals surface area contributed by atoms with Crippen molar-refractivity contribution in [2.45, 2.75) is 6.92 Å². The van der Waals surface area contributed by atoms with Crippen molar-refractivity contribution in [2.75, 3.05) is 5.32 Å². The van der Waals surface area contributed by atoms with Crippen LogP contribution in [-0.2, 0) is 4.79 Å². The molecule has 0 heterocycles. The number of benzene rings is 2. The van der Waals surface area contributed by atoms with Gasteiger partial charge in [0.15, 0.2) is 0 Å². The Bertz CT molecular complexity index is 804. The van der Waals surface area contributed by atoms with E-state index in [0.717, 1.165) is 0 Å². The van der Waals surface area contributed by atoms with Crippen molar-refractivity contribution in [1.82, 2.24) is 0 Å². The van der Waals surface area contributed by atoms with Gasteiger partial charge in [-0.3, -0.25) is 14.9 Å². The smallest absolute Gasteiger partial charge is 0.272 e. The number of nitro benzene ring substituents is 1. The summed E-state index contributed by atoms with van der Waals surface area (Å²) < 4.78 is 0. The highest BCUT2D eigenvalue weighted by atomic mass is 35.5. The quantitative estimate of drug-likeness (QED) is 0.486. The van der Waals surface area contributed by atoms with E-state index in [4.69, 9.17) is 23.2 Å². The molecule has 0 spiro atoms. The number of nitrogens with one attached hydrogen (secondary N) is 1. The first-order valence-electron chi connectivity index (χ1n) is 6.56. The summed E-state index contributed by atoms with van der Waals surface area (Å²) >= 11 is 11.8. The molecule has 0 aliphatic heterocycles. The lowest BCUT2D eigenvalue weighted by molar-refractivity contribution is -0.385. The minimum absolute atomic E-state index is 0.00601. The molecule has 2 aromatic rings. The van der Waals surface area contributed by atoms with Crippen LogP contribution in [0.5, 0.6) is 0 Å². The third-order valence-corrected chi connectivity index (χ3v) is 3.60. The van der Waals surface area contributed by atoms with E-state index in [1.54, 1.807) is 37.3 Å². The molecule has 7 heteroatoms. The van der Waals surface area contributed by atoms with Gasteiger partial charge in [0.25, 0.3) is 5.69 Å². The van der Waals surface area contributed by atoms with Crippen molar-refractivity contribution in [3.8, 4) is 0 Å². The molecule has 0 saturated heterocycles. The van der Waals surface area contributed by atoms with E-state index in [1.807, 2.05) is 0 Å². The highest BCUT2D eigenvalue weighted by Gasteiger charge is 2.10. The zero-order valence-electron chi connectivity index (χ0n) is 12.0. The molecule has 0 aliphatic carbocycles. The Kier molecular flexibility index (Phi) is 5.36. The average molecular weight is 351 g/mol. The molecule has 1 N–H and O–H groups in total. The average Bonchev–Trinajstić information content (AvgIpc) is 2.46. The van der Waals surface area contributed by atoms with Gasteiger partial charge in [-0.05, 0) is 42.8 Å². The van der Waals surface area contributed by atoms with Crippen molar-refractivity contribution in [3.63, 3.8) is 0 Å². The van der Waals surface area contributed by atoms with Gasteiger partial charge >= 0.3 is 0 Å². The van der Waals surface area contributed by atoms with E-state index < -0.39 is 4.92 Å². The van der Waals surface area contributed by atoms with Crippen LogP contribution in [0.25, 0.3) is 6.08 Å². The van der Waals surface area contributed by atoms with Gasteiger partial charge in [0.2, 0.25) is 5.91 Å². The van der Waals surface area contributed by atoms with Crippen LogP contribution in [0, 0.1) is 17.0 Å². The van der Waals surface area contributed by atoms with Gasteiger partial charge in [-0.15, -0.1) is 0 Å². The molecule has 0 aromatic heterocycles. The Labute approximate surface area is 142 Å². The molecule has 1 amide bonds. The molecular weight excluding hydrogens is 339 g/mol. The van der Waals surface area contributed by atoms with Crippen LogP contribution in [-0.4, -0.2) is 10.8 Å². The molecule has 0 bridgehead atoms. The SMILES string of the molecule is Cc1cc(NC(=O)/C=C/c2ccc(Cl)cc2Cl)ccc1[N+](=O)[O-]. The summed E-state index contributed by atoms with van der Waals surface area (Å²) in [5.74, 6) is -0.371. The summed E-state index contributed by atoms with van der Waals surface area (Å²) in [4.78, 5) is 22.2. The van der Waals surface area contributed by atoms with Gasteiger partial charge in [0.05, 0.1) is 4.92 Å². The Morgan fingerprint density at radius 3 is 2.57 bits per heavy atom. The molecule has 118 valence electrons. The van der Waals surface area contributed by atoms with Gasteiger partial charge in [-0.25, -0.2) is 0 Å². The number of hydrogen-bond acceptors (Lipinski definition) is 3. The molecule has 0 atom stereocenters. The minimum Gasteiger partial charge on any atom is -0.322 e. The fraction of sp³-hybridized carbons (Fsp3) is 0.0625. The predicted octanol–water partition coefficient (Wildman–Crippen LogP) is 4.86. The monoisotopic (exact) mass is 350 g/mol. The summed E-state index contributed by atoms with van der Waals surface area (Å²) in [6.07, 6.45) is 2.89. The van der Waals surface area contributed by atoms with Crippen molar-refractivity contribution in [2.24, 2.45) is 0 Å². The number of anilines is 1. The number of hydrogen-bond donors (Lipinski definition) is 1. The summed E-state index contributed by atoms with van der Waals surface area (Å²) in [5, 5.41) is 14.3. The number of nitro groups is 1. The van der Waals surface area contributed by atoms with Crippen LogP contribution < -0.4 is 5.32 Å². The number of nitrogens with zero attached hydrogens (tertiary/aromatic N) is 1. The van der Waals surface area contributed by atoms with Crippen LogP contribution in [0.1, 0.15) is 11.1 Å². The first kappa shape index (κ1) is 17.0. The fourth-order valence-electron chi connectivity index (χ4n) is 1.92. The lowest BCUT2D eigenvalue weighted by Crippen LogP contribution is -2.08. The molecule has 2 aromatic carbocycles. The molecule has 0 radical (unpaired) electrons. The topological polar surface area (TPSA) is 72.2 Å². The first-order valence-corrected chi connectivity index (χ1v) is 7.31. The lowest BCUT2D eigenvalue weighted by atomic mass is 10.2. The highest BCUT2D eigenvalue weighted by Crippen LogP contribution is 2.23. The number of halogens is 2. The van der Waals surface area contributed by atoms with E-state index in [2.05, 4.69) is 5.32 Å². The van der Waals surface area contributed by atoms with Crippen molar-refractivity contribution in [1.29, 1.82) is 0 Å². The molecule has 0 aliphatic rings. The summed E-state index contributed by atoms with van der Waals surface area (Å²) in [7, 11) is 0. The minimum atomic E-state index is -0.469. The van der Waals surface area contributed by atoms with Crippen LogP contribution in [0.3, 0.4) is 0 Å². The third-order valence-electron chi connectivity index (χ3n) is 3.04. The van der Waals surface area contributed by atoms with Crippen LogP contribution in [0.15, 0.2) is 42.5 Å². The standard InChI is InChI=1S/C16H12Cl2N2O3/c1-10-8-13(5-6-15(10)20(22)23)19-16(21)7-3-11-2-4-12(17)9-14(11)18/h2-9H,1H3,(H,19,21)/b7-3+. The van der Waals surface area contributed by atoms with Gasteiger partial charge in [-0.2, -0.15) is 0 Å². The Hall–Kier alpha value is -2.37. The second-order valence-electron chi connectivity index (χ2n) is 4.75. The van der Waals surface area contributed by atoms with Crippen LogP contribution in [0.2, 0.25) is 10.0 Å². The lowest BCUT2D eigenvalue weighted by Gasteiger charge is -2.04. The second kappa shape index (κ2) is 7.26. The number of rotatable bonds is 4. The van der Waals surface area contributed by atoms with E-state index in [1.165, 1.54) is 18.2 Å². The maximum Gasteiger partial charge on any atom is 0.272 e. The Balaban J connectivity index is 2.09. The van der Waals surface area contributed by atoms with Gasteiger partial charge in [0.1, 0.15) is 0 Å². The predicted molar refractivity (Wildman–Crippen MR) is 92.0 cm³/mol. The fourth-order valence-corrected chi connectivity index (χ4v) is 2.40. The highest BCUT2D eigenvalue weighted by molar-refractivity contribution is 6.35. The molecule has 0 fully saturated rings. The van der Waals surface area contributed by atoms with Crippen molar-refractivity contribution >= 4 is 46.6 Å². The van der Waals surface area contributed by atoms with Gasteiger partial charge < -0.3 is 5.32 Å². The van der Waals surface area contributed by atoms with E-state index in [9.17, 15) is 14.9 Å². The summed E-state index contributed by atoms with van der Waals surface area (Å²) in [5.41, 5.74) is 1.61. The summed E-state index contributed by atoms with van der Waals surface area (Å²) in [6, 6.07) is 9.32. The molecule has 0 unspecified atom stereocenters. The Morgan fingerprint density at radius 1 is 1.22 bits per heavy atom. The molecule has 23 heavy (non-hydrogen) atoms. The maximum atomic E-state index is 11.9. The van der Waals surface area contributed by atoms with Crippen LogP contribution in [0.4, 0.5) is 11.4 Å². The first-order chi connectivity index (χ1) is 10.9. The number of carbonyl (C=O) groups is 1. The zero-order valence-corrected chi connectivity index (χ0v) is 13.6. The van der Waals surface area contributed by atoms with E-state index in [-0.39, 0.29) is 11.6 Å². The van der Waals surface area contributed by atoms with Gasteiger partial charge in [0, 0.05) is 33.4 Å². The molecule has 0 saturated carbocycles. The summed E-state index contributed by atoms with van der Waals surface area (Å²) in [6.45, 7) is 1.61. The third kappa shape index (κ3) is 4.55. The maximum absolute atomic E-state index is 11.9. The number of amides is 1. The molecule has 5 nitrogen and oxygen atoms in total. The Morgan fingerprint density at radius 2 is 1.96 bits per heavy atom. The van der Waals surface area contributed by atoms with Crippen LogP contribution >= 0.6 is 23.2 Å². The normalized spacial score (nSPS) is 10.7. The largest absolute Gasteiger partial charge is 0.322 e. The number of aryl methyl sites for hydroxylation is 1. The molecule has 2 rings (SSSR count). The second-order valence-corrected chi connectivity index (χ2v) is 5.59. The number of carbonyl (C=O) groups excluding carboxylic acids is 1. The van der Waals surface area contributed by atoms with E-state index >= 15 is 0 Å². The van der Waals surface area contributed by atoms with E-state index in [0.29, 0.717) is 26.9 Å². The van der Waals surface area contributed by atoms with Crippen molar-refractivity contribution in [3.05, 3.63) is 73.8 Å². The van der Waals surface area contributed by atoms with Gasteiger partial charge in [-0.1, -0.05) is 29.3 Å². The van der Waals surface area contributed by atoms with Crippen molar-refractivity contribution < 1.29 is 9.72 Å².